The van der Waals surface area contributed by atoms with E-state index in [1.807, 2.05) is 0 Å². The van der Waals surface area contributed by atoms with Crippen LogP contribution in [0.25, 0.3) is 0 Å². The van der Waals surface area contributed by atoms with Crippen molar-refractivity contribution in [3.63, 3.8) is 0 Å². The van der Waals surface area contributed by atoms with Gasteiger partial charge in [0.05, 0.1) is 13.2 Å². The summed E-state index contributed by atoms with van der Waals surface area (Å²) in [5.74, 6) is 0. The summed E-state index contributed by atoms with van der Waals surface area (Å²) in [5, 5.41) is 3.58. The van der Waals surface area contributed by atoms with Crippen LogP contribution in [0.3, 0.4) is 0 Å². The molecule has 1 rings (SSSR count). The van der Waals surface area contributed by atoms with Gasteiger partial charge in [-0.3, -0.25) is 0 Å². The minimum atomic E-state index is 0.163. The molecule has 0 saturated carbocycles. The molecule has 0 bridgehead atoms. The Bertz CT molecular complexity index is 193. The topological polar surface area (TPSA) is 30.5 Å². The SMILES string of the molecule is CCOCC1(CNC(C)(C)C)CCCOC1. The first-order valence-corrected chi connectivity index (χ1v) is 6.38. The van der Waals surface area contributed by atoms with E-state index in [4.69, 9.17) is 9.47 Å². The molecule has 0 aromatic rings. The highest BCUT2D eigenvalue weighted by Crippen LogP contribution is 2.29. The maximum atomic E-state index is 5.63. The highest BCUT2D eigenvalue weighted by atomic mass is 16.5. The molecular weight excluding hydrogens is 202 g/mol. The van der Waals surface area contributed by atoms with Crippen LogP contribution < -0.4 is 5.32 Å². The number of rotatable bonds is 5. The summed E-state index contributed by atoms with van der Waals surface area (Å²) in [7, 11) is 0. The molecule has 0 aromatic carbocycles. The first kappa shape index (κ1) is 13.9. The number of hydrogen-bond donors (Lipinski definition) is 1. The molecular formula is C13H27NO2. The molecule has 1 aliphatic rings. The molecule has 1 saturated heterocycles. The van der Waals surface area contributed by atoms with Gasteiger partial charge in [-0.1, -0.05) is 0 Å². The third-order valence-electron chi connectivity index (χ3n) is 3.01. The normalized spacial score (nSPS) is 27.0. The smallest absolute Gasteiger partial charge is 0.0556 e. The van der Waals surface area contributed by atoms with E-state index < -0.39 is 0 Å². The van der Waals surface area contributed by atoms with Gasteiger partial charge in [0.15, 0.2) is 0 Å². The van der Waals surface area contributed by atoms with Crippen LogP contribution >= 0.6 is 0 Å². The van der Waals surface area contributed by atoms with Gasteiger partial charge in [0.2, 0.25) is 0 Å². The fourth-order valence-electron chi connectivity index (χ4n) is 1.99. The lowest BCUT2D eigenvalue weighted by Gasteiger charge is -2.39. The van der Waals surface area contributed by atoms with Crippen molar-refractivity contribution >= 4 is 0 Å². The molecule has 1 atom stereocenters. The Morgan fingerprint density at radius 1 is 1.38 bits per heavy atom. The third kappa shape index (κ3) is 4.81. The molecule has 1 fully saturated rings. The fraction of sp³-hybridized carbons (Fsp3) is 1.00. The summed E-state index contributed by atoms with van der Waals surface area (Å²) in [6, 6.07) is 0. The van der Waals surface area contributed by atoms with Crippen LogP contribution in [0.1, 0.15) is 40.5 Å². The number of hydrogen-bond acceptors (Lipinski definition) is 3. The van der Waals surface area contributed by atoms with E-state index in [1.54, 1.807) is 0 Å². The molecule has 0 aromatic heterocycles. The molecule has 1 aliphatic heterocycles. The number of ether oxygens (including phenoxy) is 2. The minimum absolute atomic E-state index is 0.163. The molecule has 1 heterocycles. The van der Waals surface area contributed by atoms with Gasteiger partial charge in [-0.25, -0.2) is 0 Å². The van der Waals surface area contributed by atoms with Gasteiger partial charge in [-0.15, -0.1) is 0 Å². The summed E-state index contributed by atoms with van der Waals surface area (Å²) in [4.78, 5) is 0. The molecule has 16 heavy (non-hydrogen) atoms. The van der Waals surface area contributed by atoms with Gasteiger partial charge in [0.1, 0.15) is 0 Å². The van der Waals surface area contributed by atoms with Crippen LogP contribution in [0.2, 0.25) is 0 Å². The van der Waals surface area contributed by atoms with Crippen LogP contribution in [0, 0.1) is 5.41 Å². The van der Waals surface area contributed by atoms with E-state index in [9.17, 15) is 0 Å². The van der Waals surface area contributed by atoms with E-state index >= 15 is 0 Å². The largest absolute Gasteiger partial charge is 0.381 e. The van der Waals surface area contributed by atoms with E-state index in [-0.39, 0.29) is 11.0 Å². The highest BCUT2D eigenvalue weighted by molar-refractivity contribution is 4.86. The van der Waals surface area contributed by atoms with Crippen molar-refractivity contribution in [1.29, 1.82) is 0 Å². The molecule has 3 nitrogen and oxygen atoms in total. The average molecular weight is 229 g/mol. The fourth-order valence-corrected chi connectivity index (χ4v) is 1.99. The minimum Gasteiger partial charge on any atom is -0.381 e. The zero-order valence-corrected chi connectivity index (χ0v) is 11.3. The van der Waals surface area contributed by atoms with Crippen LogP contribution in [0.15, 0.2) is 0 Å². The third-order valence-corrected chi connectivity index (χ3v) is 3.01. The summed E-state index contributed by atoms with van der Waals surface area (Å²) >= 11 is 0. The van der Waals surface area contributed by atoms with Crippen LogP contribution in [-0.4, -0.2) is 38.5 Å². The lowest BCUT2D eigenvalue weighted by atomic mass is 9.82. The van der Waals surface area contributed by atoms with Crippen molar-refractivity contribution in [2.24, 2.45) is 5.41 Å². The quantitative estimate of drug-likeness (QED) is 0.784. The van der Waals surface area contributed by atoms with E-state index in [0.29, 0.717) is 0 Å². The molecule has 0 amide bonds. The van der Waals surface area contributed by atoms with Gasteiger partial charge in [-0.2, -0.15) is 0 Å². The van der Waals surface area contributed by atoms with Gasteiger partial charge in [0, 0.05) is 30.7 Å². The molecule has 0 radical (unpaired) electrons. The molecule has 96 valence electrons. The summed E-state index contributed by atoms with van der Waals surface area (Å²) in [6.07, 6.45) is 2.36. The number of nitrogens with one attached hydrogen (secondary N) is 1. The second kappa shape index (κ2) is 5.99. The van der Waals surface area contributed by atoms with Crippen LogP contribution in [0.5, 0.6) is 0 Å². The Labute approximate surface area is 99.9 Å². The lowest BCUT2D eigenvalue weighted by Crippen LogP contribution is -2.49. The maximum Gasteiger partial charge on any atom is 0.0556 e. The molecule has 0 aliphatic carbocycles. The Kier molecular flexibility index (Phi) is 5.22. The Balaban J connectivity index is 2.48. The molecule has 3 heteroatoms. The Hall–Kier alpha value is -0.120. The van der Waals surface area contributed by atoms with Crippen molar-refractivity contribution < 1.29 is 9.47 Å². The Morgan fingerprint density at radius 3 is 2.62 bits per heavy atom. The summed E-state index contributed by atoms with van der Waals surface area (Å²) < 4.78 is 11.2. The lowest BCUT2D eigenvalue weighted by molar-refractivity contribution is -0.0580. The van der Waals surface area contributed by atoms with Gasteiger partial charge in [0.25, 0.3) is 0 Å². The molecule has 1 N–H and O–H groups in total. The zero-order valence-electron chi connectivity index (χ0n) is 11.3. The van der Waals surface area contributed by atoms with E-state index in [1.165, 1.54) is 6.42 Å². The van der Waals surface area contributed by atoms with Gasteiger partial charge >= 0.3 is 0 Å². The second-order valence-corrected chi connectivity index (χ2v) is 5.90. The molecule has 0 spiro atoms. The van der Waals surface area contributed by atoms with Crippen molar-refractivity contribution in [2.75, 3.05) is 33.0 Å². The van der Waals surface area contributed by atoms with Gasteiger partial charge in [-0.05, 0) is 40.5 Å². The van der Waals surface area contributed by atoms with Crippen molar-refractivity contribution in [2.45, 2.75) is 46.1 Å². The summed E-state index contributed by atoms with van der Waals surface area (Å²) in [6.45, 7) is 13.0. The van der Waals surface area contributed by atoms with Crippen molar-refractivity contribution in [3.05, 3.63) is 0 Å². The van der Waals surface area contributed by atoms with Gasteiger partial charge < -0.3 is 14.8 Å². The second-order valence-electron chi connectivity index (χ2n) is 5.90. The summed E-state index contributed by atoms with van der Waals surface area (Å²) in [5.41, 5.74) is 0.345. The van der Waals surface area contributed by atoms with E-state index in [2.05, 4.69) is 33.0 Å². The monoisotopic (exact) mass is 229 g/mol. The predicted octanol–water partition coefficient (Wildman–Crippen LogP) is 2.21. The van der Waals surface area contributed by atoms with Crippen LogP contribution in [-0.2, 0) is 9.47 Å². The van der Waals surface area contributed by atoms with Crippen molar-refractivity contribution in [1.82, 2.24) is 5.32 Å². The highest BCUT2D eigenvalue weighted by Gasteiger charge is 2.34. The maximum absolute atomic E-state index is 5.63. The predicted molar refractivity (Wildman–Crippen MR) is 66.7 cm³/mol. The molecule has 1 unspecified atom stereocenters. The van der Waals surface area contributed by atoms with Crippen LogP contribution in [0.4, 0.5) is 0 Å². The standard InChI is InChI=1S/C13H27NO2/c1-5-15-10-13(7-6-8-16-11-13)9-14-12(2,3)4/h14H,5-11H2,1-4H3. The Morgan fingerprint density at radius 2 is 2.12 bits per heavy atom. The average Bonchev–Trinajstić information content (AvgIpc) is 2.24. The zero-order chi connectivity index (χ0) is 12.1. The first-order valence-electron chi connectivity index (χ1n) is 6.38. The van der Waals surface area contributed by atoms with Crippen molar-refractivity contribution in [3.8, 4) is 0 Å². The van der Waals surface area contributed by atoms with E-state index in [0.717, 1.165) is 39.4 Å². The first-order chi connectivity index (χ1) is 7.47.